The molecule has 1 heterocycles. The molecule has 0 unspecified atom stereocenters. The zero-order valence-corrected chi connectivity index (χ0v) is 11.3. The summed E-state index contributed by atoms with van der Waals surface area (Å²) < 4.78 is 4.58. The smallest absolute Gasteiger partial charge is 0.358 e. The third kappa shape index (κ3) is 3.64. The van der Waals surface area contributed by atoms with E-state index in [2.05, 4.69) is 25.6 Å². The fourth-order valence-electron chi connectivity index (χ4n) is 2.36. The highest BCUT2D eigenvalue weighted by atomic mass is 16.5. The zero-order chi connectivity index (χ0) is 13.7. The van der Waals surface area contributed by atoms with E-state index in [1.165, 1.54) is 20.0 Å². The molecule has 0 atom stereocenters. The van der Waals surface area contributed by atoms with Gasteiger partial charge < -0.3 is 15.4 Å². The molecule has 1 fully saturated rings. The normalized spacial score (nSPS) is 22.8. The molecule has 6 heteroatoms. The second-order valence-electron chi connectivity index (χ2n) is 4.78. The maximum atomic E-state index is 11.2. The zero-order valence-electron chi connectivity index (χ0n) is 11.3. The molecule has 0 aliphatic heterocycles. The van der Waals surface area contributed by atoms with Crippen LogP contribution in [-0.2, 0) is 4.74 Å². The molecule has 0 spiro atoms. The molecule has 104 valence electrons. The van der Waals surface area contributed by atoms with Crippen LogP contribution in [0.3, 0.4) is 0 Å². The average molecular weight is 264 g/mol. The van der Waals surface area contributed by atoms with Crippen molar-refractivity contribution in [1.29, 1.82) is 0 Å². The number of rotatable bonds is 4. The van der Waals surface area contributed by atoms with Gasteiger partial charge in [-0.15, -0.1) is 10.2 Å². The number of anilines is 1. The van der Waals surface area contributed by atoms with Crippen LogP contribution in [0.2, 0.25) is 0 Å². The van der Waals surface area contributed by atoms with Crippen LogP contribution < -0.4 is 10.6 Å². The number of carbonyl (C=O) groups excluding carboxylic acids is 1. The quantitative estimate of drug-likeness (QED) is 0.796. The molecule has 0 saturated heterocycles. The van der Waals surface area contributed by atoms with Crippen molar-refractivity contribution in [1.82, 2.24) is 15.5 Å². The van der Waals surface area contributed by atoms with Crippen LogP contribution in [-0.4, -0.2) is 42.4 Å². The minimum Gasteiger partial charge on any atom is -0.464 e. The van der Waals surface area contributed by atoms with E-state index in [0.29, 0.717) is 17.9 Å². The van der Waals surface area contributed by atoms with Crippen LogP contribution >= 0.6 is 0 Å². The van der Waals surface area contributed by atoms with E-state index in [-0.39, 0.29) is 5.69 Å². The Morgan fingerprint density at radius 1 is 1.21 bits per heavy atom. The Bertz CT molecular complexity index is 413. The summed E-state index contributed by atoms with van der Waals surface area (Å²) in [6.45, 7) is 0. The summed E-state index contributed by atoms with van der Waals surface area (Å²) in [5.74, 6) is 0.245. The third-order valence-electron chi connectivity index (χ3n) is 3.55. The monoisotopic (exact) mass is 264 g/mol. The number of carbonyl (C=O) groups is 1. The van der Waals surface area contributed by atoms with Gasteiger partial charge in [-0.1, -0.05) is 0 Å². The van der Waals surface area contributed by atoms with Crippen molar-refractivity contribution in [3.05, 3.63) is 17.8 Å². The van der Waals surface area contributed by atoms with Gasteiger partial charge in [-0.05, 0) is 44.9 Å². The summed E-state index contributed by atoms with van der Waals surface area (Å²) in [4.78, 5) is 11.2. The van der Waals surface area contributed by atoms with Crippen LogP contribution in [0.1, 0.15) is 36.2 Å². The molecule has 6 nitrogen and oxygen atoms in total. The highest BCUT2D eigenvalue weighted by Crippen LogP contribution is 2.21. The molecule has 19 heavy (non-hydrogen) atoms. The van der Waals surface area contributed by atoms with Gasteiger partial charge in [0.15, 0.2) is 5.69 Å². The number of hydrogen-bond donors (Lipinski definition) is 2. The first kappa shape index (κ1) is 13.7. The summed E-state index contributed by atoms with van der Waals surface area (Å²) >= 11 is 0. The molecule has 0 aromatic carbocycles. The van der Waals surface area contributed by atoms with Crippen LogP contribution in [0, 0.1) is 0 Å². The number of nitrogens with one attached hydrogen (secondary N) is 2. The minimum atomic E-state index is -0.464. The Kier molecular flexibility index (Phi) is 4.68. The van der Waals surface area contributed by atoms with Crippen molar-refractivity contribution in [2.45, 2.75) is 37.8 Å². The highest BCUT2D eigenvalue weighted by molar-refractivity contribution is 5.86. The van der Waals surface area contributed by atoms with Gasteiger partial charge in [0.1, 0.15) is 5.82 Å². The fraction of sp³-hybridized carbons (Fsp3) is 0.615. The van der Waals surface area contributed by atoms with Gasteiger partial charge in [0.05, 0.1) is 7.11 Å². The second kappa shape index (κ2) is 6.47. The van der Waals surface area contributed by atoms with E-state index in [9.17, 15) is 4.79 Å². The lowest BCUT2D eigenvalue weighted by atomic mass is 9.91. The predicted octanol–water partition coefficient (Wildman–Crippen LogP) is 1.21. The Hall–Kier alpha value is -1.69. The molecule has 1 aliphatic carbocycles. The lowest BCUT2D eigenvalue weighted by Gasteiger charge is -2.28. The van der Waals surface area contributed by atoms with Crippen molar-refractivity contribution in [2.24, 2.45) is 0 Å². The van der Waals surface area contributed by atoms with Crippen molar-refractivity contribution in [3.8, 4) is 0 Å². The number of nitrogens with zero attached hydrogens (tertiary/aromatic N) is 2. The van der Waals surface area contributed by atoms with Crippen molar-refractivity contribution < 1.29 is 9.53 Å². The number of hydrogen-bond acceptors (Lipinski definition) is 6. The van der Waals surface area contributed by atoms with Gasteiger partial charge in [-0.3, -0.25) is 0 Å². The van der Waals surface area contributed by atoms with Gasteiger partial charge in [0.2, 0.25) is 0 Å². The largest absolute Gasteiger partial charge is 0.464 e. The fourth-order valence-corrected chi connectivity index (χ4v) is 2.36. The van der Waals surface area contributed by atoms with E-state index in [1.807, 2.05) is 7.05 Å². The molecule has 2 N–H and O–H groups in total. The maximum absolute atomic E-state index is 11.2. The van der Waals surface area contributed by atoms with Crippen LogP contribution in [0.5, 0.6) is 0 Å². The van der Waals surface area contributed by atoms with Crippen LogP contribution in [0.25, 0.3) is 0 Å². The third-order valence-corrected chi connectivity index (χ3v) is 3.55. The topological polar surface area (TPSA) is 76.1 Å². The van der Waals surface area contributed by atoms with E-state index in [4.69, 9.17) is 0 Å². The Morgan fingerprint density at radius 3 is 2.42 bits per heavy atom. The van der Waals surface area contributed by atoms with E-state index < -0.39 is 5.97 Å². The number of ether oxygens (including phenoxy) is 1. The molecule has 1 aromatic rings. The number of methoxy groups -OCH3 is 1. The van der Waals surface area contributed by atoms with Crippen LogP contribution in [0.4, 0.5) is 5.82 Å². The Morgan fingerprint density at radius 2 is 1.89 bits per heavy atom. The SMILES string of the molecule is CNC1CCC(Nc2ccc(C(=O)OC)nn2)CC1. The first-order valence-corrected chi connectivity index (χ1v) is 6.58. The molecule has 1 saturated carbocycles. The van der Waals surface area contributed by atoms with Gasteiger partial charge in [-0.2, -0.15) is 0 Å². The molecule has 1 aliphatic rings. The van der Waals surface area contributed by atoms with Crippen LogP contribution in [0.15, 0.2) is 12.1 Å². The molecular weight excluding hydrogens is 244 g/mol. The van der Waals surface area contributed by atoms with Crippen molar-refractivity contribution >= 4 is 11.8 Å². The maximum Gasteiger partial charge on any atom is 0.358 e. The van der Waals surface area contributed by atoms with Gasteiger partial charge in [0, 0.05) is 12.1 Å². The predicted molar refractivity (Wildman–Crippen MR) is 72.1 cm³/mol. The lowest BCUT2D eigenvalue weighted by Crippen LogP contribution is -2.35. The Balaban J connectivity index is 1.88. The second-order valence-corrected chi connectivity index (χ2v) is 4.78. The molecule has 0 amide bonds. The van der Waals surface area contributed by atoms with Crippen molar-refractivity contribution in [2.75, 3.05) is 19.5 Å². The average Bonchev–Trinajstić information content (AvgIpc) is 2.48. The Labute approximate surface area is 112 Å². The van der Waals surface area contributed by atoms with Gasteiger partial charge >= 0.3 is 5.97 Å². The summed E-state index contributed by atoms with van der Waals surface area (Å²) in [5.41, 5.74) is 0.229. The standard InChI is InChI=1S/C13H20N4O2/c1-14-9-3-5-10(6-4-9)15-12-8-7-11(16-17-12)13(18)19-2/h7-10,14H,3-6H2,1-2H3,(H,15,17). The highest BCUT2D eigenvalue weighted by Gasteiger charge is 2.20. The number of esters is 1. The lowest BCUT2D eigenvalue weighted by molar-refractivity contribution is 0.0593. The minimum absolute atomic E-state index is 0.229. The van der Waals surface area contributed by atoms with Crippen molar-refractivity contribution in [3.63, 3.8) is 0 Å². The molecule has 0 radical (unpaired) electrons. The molecule has 1 aromatic heterocycles. The summed E-state index contributed by atoms with van der Waals surface area (Å²) in [6, 6.07) is 4.46. The van der Waals surface area contributed by atoms with E-state index >= 15 is 0 Å². The van der Waals surface area contributed by atoms with E-state index in [0.717, 1.165) is 12.8 Å². The van der Waals surface area contributed by atoms with E-state index in [1.54, 1.807) is 12.1 Å². The molecular formula is C13H20N4O2. The summed E-state index contributed by atoms with van der Waals surface area (Å²) in [6.07, 6.45) is 4.57. The molecule has 0 bridgehead atoms. The number of aromatic nitrogens is 2. The van der Waals surface area contributed by atoms with Gasteiger partial charge in [-0.25, -0.2) is 4.79 Å². The first-order chi connectivity index (χ1) is 9.22. The molecule has 2 rings (SSSR count). The summed E-state index contributed by atoms with van der Waals surface area (Å²) in [7, 11) is 3.34. The first-order valence-electron chi connectivity index (χ1n) is 6.58. The van der Waals surface area contributed by atoms with Gasteiger partial charge in [0.25, 0.3) is 0 Å². The summed E-state index contributed by atoms with van der Waals surface area (Å²) in [5, 5.41) is 14.5.